The molecule has 0 spiro atoms. The zero-order valence-electron chi connectivity index (χ0n) is 13.6. The molecular formula is C17H10Cl3N3O4. The number of hydrogen-bond donors (Lipinski definition) is 1. The number of nitrogens with one attached hydrogen (secondary N) is 1. The lowest BCUT2D eigenvalue weighted by Gasteiger charge is -2.08. The summed E-state index contributed by atoms with van der Waals surface area (Å²) in [7, 11) is 0. The number of halogens is 3. The van der Waals surface area contributed by atoms with E-state index in [1.165, 1.54) is 12.1 Å². The molecule has 0 aliphatic heterocycles. The molecule has 138 valence electrons. The number of hydrogen-bond acceptors (Lipinski definition) is 5. The highest BCUT2D eigenvalue weighted by atomic mass is 35.5. The van der Waals surface area contributed by atoms with E-state index in [1.54, 1.807) is 25.1 Å². The maximum atomic E-state index is 12.8. The predicted octanol–water partition coefficient (Wildman–Crippen LogP) is 5.77. The molecule has 2 aromatic carbocycles. The zero-order valence-corrected chi connectivity index (χ0v) is 15.9. The van der Waals surface area contributed by atoms with Gasteiger partial charge in [-0.05, 0) is 31.2 Å². The molecule has 1 amide bonds. The molecule has 0 radical (unpaired) electrons. The molecular weight excluding hydrogens is 417 g/mol. The van der Waals surface area contributed by atoms with Gasteiger partial charge in [0.05, 0.1) is 15.0 Å². The summed E-state index contributed by atoms with van der Waals surface area (Å²) in [6.45, 7) is 1.56. The van der Waals surface area contributed by atoms with Crippen molar-refractivity contribution in [2.45, 2.75) is 6.92 Å². The van der Waals surface area contributed by atoms with Gasteiger partial charge in [0.1, 0.15) is 22.0 Å². The van der Waals surface area contributed by atoms with Crippen molar-refractivity contribution < 1.29 is 14.2 Å². The Kier molecular flexibility index (Phi) is 5.36. The normalized spacial score (nSPS) is 10.7. The molecule has 0 fully saturated rings. The number of benzene rings is 2. The molecule has 0 unspecified atom stereocenters. The summed E-state index contributed by atoms with van der Waals surface area (Å²) in [5, 5.41) is 18.0. The van der Waals surface area contributed by atoms with Gasteiger partial charge in [-0.25, -0.2) is 0 Å². The van der Waals surface area contributed by atoms with Crippen molar-refractivity contribution >= 4 is 52.1 Å². The van der Waals surface area contributed by atoms with Gasteiger partial charge in [-0.2, -0.15) is 0 Å². The van der Waals surface area contributed by atoms with E-state index in [0.717, 1.165) is 6.07 Å². The van der Waals surface area contributed by atoms with Crippen LogP contribution < -0.4 is 5.32 Å². The molecule has 7 nitrogen and oxygen atoms in total. The van der Waals surface area contributed by atoms with Crippen molar-refractivity contribution in [3.63, 3.8) is 0 Å². The second kappa shape index (κ2) is 7.56. The monoisotopic (exact) mass is 425 g/mol. The van der Waals surface area contributed by atoms with Crippen molar-refractivity contribution in [3.05, 3.63) is 72.9 Å². The first kappa shape index (κ1) is 19.2. The highest BCUT2D eigenvalue weighted by molar-refractivity contribution is 6.39. The summed E-state index contributed by atoms with van der Waals surface area (Å²) in [4.78, 5) is 23.1. The lowest BCUT2D eigenvalue weighted by Crippen LogP contribution is -2.13. The van der Waals surface area contributed by atoms with E-state index in [-0.39, 0.29) is 33.4 Å². The topological polar surface area (TPSA) is 98.3 Å². The highest BCUT2D eigenvalue weighted by Crippen LogP contribution is 2.37. The Hall–Kier alpha value is -2.61. The summed E-state index contributed by atoms with van der Waals surface area (Å²) in [6, 6.07) is 8.80. The molecule has 10 heteroatoms. The van der Waals surface area contributed by atoms with Crippen molar-refractivity contribution in [3.8, 4) is 11.3 Å². The minimum atomic E-state index is -0.641. The molecule has 0 aliphatic rings. The number of carbonyl (C=O) groups is 1. The Morgan fingerprint density at radius 2 is 1.81 bits per heavy atom. The van der Waals surface area contributed by atoms with Gasteiger partial charge in [0.2, 0.25) is 0 Å². The van der Waals surface area contributed by atoms with E-state index >= 15 is 0 Å². The molecule has 3 rings (SSSR count). The number of nitro groups is 1. The molecule has 1 heterocycles. The largest absolute Gasteiger partial charge is 0.360 e. The number of nitro benzene ring substituents is 1. The number of rotatable bonds is 4. The van der Waals surface area contributed by atoms with Crippen LogP contribution in [0.15, 0.2) is 40.9 Å². The van der Waals surface area contributed by atoms with Crippen LogP contribution in [0.1, 0.15) is 16.1 Å². The van der Waals surface area contributed by atoms with Crippen LogP contribution in [-0.4, -0.2) is 16.0 Å². The minimum Gasteiger partial charge on any atom is -0.360 e. The minimum absolute atomic E-state index is 0.0392. The Balaban J connectivity index is 2.01. The van der Waals surface area contributed by atoms with Gasteiger partial charge >= 0.3 is 0 Å². The van der Waals surface area contributed by atoms with Gasteiger partial charge in [-0.3, -0.25) is 14.9 Å². The van der Waals surface area contributed by atoms with Crippen molar-refractivity contribution in [2.75, 3.05) is 5.32 Å². The third kappa shape index (κ3) is 3.75. The highest BCUT2D eigenvalue weighted by Gasteiger charge is 2.25. The van der Waals surface area contributed by atoms with E-state index in [2.05, 4.69) is 10.5 Å². The maximum absolute atomic E-state index is 12.8. The number of aromatic nitrogens is 1. The molecule has 3 aromatic rings. The number of anilines is 1. The third-order valence-corrected chi connectivity index (χ3v) is 4.64. The van der Waals surface area contributed by atoms with Crippen LogP contribution in [0.2, 0.25) is 15.1 Å². The van der Waals surface area contributed by atoms with Crippen LogP contribution in [0.25, 0.3) is 11.3 Å². The SMILES string of the molecule is Cc1onc(-c2c(Cl)cccc2Cl)c1C(=O)Nc1ccc(Cl)c([N+](=O)[O-])c1. The van der Waals surface area contributed by atoms with Gasteiger partial charge in [0.15, 0.2) is 0 Å². The maximum Gasteiger partial charge on any atom is 0.289 e. The molecule has 1 N–H and O–H groups in total. The molecule has 1 aromatic heterocycles. The van der Waals surface area contributed by atoms with Crippen molar-refractivity contribution in [1.82, 2.24) is 5.16 Å². The van der Waals surface area contributed by atoms with Crippen LogP contribution >= 0.6 is 34.8 Å². The Labute approximate surface area is 168 Å². The fraction of sp³-hybridized carbons (Fsp3) is 0.0588. The lowest BCUT2D eigenvalue weighted by atomic mass is 10.1. The average Bonchev–Trinajstić information content (AvgIpc) is 2.97. The summed E-state index contributed by atoms with van der Waals surface area (Å²) >= 11 is 18.2. The number of aryl methyl sites for hydroxylation is 1. The Morgan fingerprint density at radius 3 is 2.44 bits per heavy atom. The van der Waals surface area contributed by atoms with Crippen LogP contribution in [-0.2, 0) is 0 Å². The summed E-state index contributed by atoms with van der Waals surface area (Å²) in [6.07, 6.45) is 0. The van der Waals surface area contributed by atoms with E-state index in [9.17, 15) is 14.9 Å². The summed E-state index contributed by atoms with van der Waals surface area (Å²) in [5.74, 6) is -0.349. The van der Waals surface area contributed by atoms with Gasteiger partial charge in [-0.15, -0.1) is 0 Å². The molecule has 27 heavy (non-hydrogen) atoms. The lowest BCUT2D eigenvalue weighted by molar-refractivity contribution is -0.384. The number of carbonyl (C=O) groups excluding carboxylic acids is 1. The Bertz CT molecular complexity index is 1050. The number of amides is 1. The van der Waals surface area contributed by atoms with Gasteiger partial charge in [0, 0.05) is 17.3 Å². The Morgan fingerprint density at radius 1 is 1.15 bits per heavy atom. The van der Waals surface area contributed by atoms with E-state index in [4.69, 9.17) is 39.3 Å². The van der Waals surface area contributed by atoms with Crippen molar-refractivity contribution in [2.24, 2.45) is 0 Å². The first-order chi connectivity index (χ1) is 12.8. The smallest absolute Gasteiger partial charge is 0.289 e. The first-order valence-corrected chi connectivity index (χ1v) is 8.59. The fourth-order valence-electron chi connectivity index (χ4n) is 2.46. The predicted molar refractivity (Wildman–Crippen MR) is 103 cm³/mol. The first-order valence-electron chi connectivity index (χ1n) is 7.45. The van der Waals surface area contributed by atoms with Gasteiger partial charge in [-0.1, -0.05) is 46.0 Å². The fourth-order valence-corrected chi connectivity index (χ4v) is 3.22. The summed E-state index contributed by atoms with van der Waals surface area (Å²) < 4.78 is 5.14. The van der Waals surface area contributed by atoms with Crippen LogP contribution in [0.4, 0.5) is 11.4 Å². The average molecular weight is 427 g/mol. The standard InChI is InChI=1S/C17H10Cl3N3O4/c1-8-14(16(22-27-8)15-11(19)3-2-4-12(15)20)17(24)21-9-5-6-10(18)13(7-9)23(25)26/h2-7H,1H3,(H,21,24). The van der Waals surface area contributed by atoms with Gasteiger partial charge < -0.3 is 9.84 Å². The number of nitrogens with zero attached hydrogens (tertiary/aromatic N) is 2. The van der Waals surface area contributed by atoms with E-state index in [0.29, 0.717) is 15.6 Å². The quantitative estimate of drug-likeness (QED) is 0.422. The third-order valence-electron chi connectivity index (χ3n) is 3.69. The van der Waals surface area contributed by atoms with Crippen LogP contribution in [0, 0.1) is 17.0 Å². The molecule has 0 saturated heterocycles. The van der Waals surface area contributed by atoms with Gasteiger partial charge in [0.25, 0.3) is 11.6 Å². The summed E-state index contributed by atoms with van der Waals surface area (Å²) in [5.41, 5.74) is 0.496. The van der Waals surface area contributed by atoms with Crippen molar-refractivity contribution in [1.29, 1.82) is 0 Å². The zero-order chi connectivity index (χ0) is 19.7. The molecule has 0 bridgehead atoms. The van der Waals surface area contributed by atoms with Crippen LogP contribution in [0.5, 0.6) is 0 Å². The van der Waals surface area contributed by atoms with E-state index < -0.39 is 10.8 Å². The van der Waals surface area contributed by atoms with E-state index in [1.807, 2.05) is 0 Å². The molecule has 0 saturated carbocycles. The second-order valence-corrected chi connectivity index (χ2v) is 6.66. The van der Waals surface area contributed by atoms with Crippen LogP contribution in [0.3, 0.4) is 0 Å². The second-order valence-electron chi connectivity index (χ2n) is 5.44. The molecule has 0 atom stereocenters. The molecule has 0 aliphatic carbocycles.